The first-order valence-corrected chi connectivity index (χ1v) is 6.48. The summed E-state index contributed by atoms with van der Waals surface area (Å²) in [6, 6.07) is -0.183. The Morgan fingerprint density at radius 3 is 2.71 bits per heavy atom. The Labute approximate surface area is 102 Å². The third-order valence-corrected chi connectivity index (χ3v) is 3.67. The van der Waals surface area contributed by atoms with Crippen LogP contribution in [0, 0.1) is 0 Å². The predicted molar refractivity (Wildman–Crippen MR) is 64.5 cm³/mol. The number of hydrogen-bond donors (Lipinski definition) is 1. The first kappa shape index (κ1) is 12.4. The average Bonchev–Trinajstić information content (AvgIpc) is 2.36. The number of rotatable bonds is 2. The van der Waals surface area contributed by atoms with Crippen LogP contribution >= 0.6 is 0 Å². The molecule has 96 valence electrons. The van der Waals surface area contributed by atoms with Gasteiger partial charge >= 0.3 is 0 Å². The highest BCUT2D eigenvalue weighted by Crippen LogP contribution is 2.10. The number of hydrogen-bond acceptors (Lipinski definition) is 3. The lowest BCUT2D eigenvalue weighted by atomic mass is 10.1. The van der Waals surface area contributed by atoms with E-state index in [0.717, 1.165) is 32.5 Å². The molecule has 0 aromatic heterocycles. The molecule has 5 nitrogen and oxygen atoms in total. The summed E-state index contributed by atoms with van der Waals surface area (Å²) in [4.78, 5) is 27.5. The average molecular weight is 239 g/mol. The first-order valence-electron chi connectivity index (χ1n) is 6.48. The molecule has 0 aromatic rings. The van der Waals surface area contributed by atoms with Crippen molar-refractivity contribution in [3.63, 3.8) is 0 Å². The van der Waals surface area contributed by atoms with Crippen LogP contribution in [0.25, 0.3) is 0 Å². The van der Waals surface area contributed by atoms with E-state index in [9.17, 15) is 9.59 Å². The van der Waals surface area contributed by atoms with Gasteiger partial charge in [0.1, 0.15) is 0 Å². The normalized spacial score (nSPS) is 26.8. The van der Waals surface area contributed by atoms with E-state index in [1.165, 1.54) is 6.42 Å². The van der Waals surface area contributed by atoms with E-state index in [4.69, 9.17) is 0 Å². The highest BCUT2D eigenvalue weighted by molar-refractivity contribution is 5.84. The van der Waals surface area contributed by atoms with Gasteiger partial charge in [-0.25, -0.2) is 0 Å². The van der Waals surface area contributed by atoms with Crippen LogP contribution in [-0.2, 0) is 9.59 Å². The summed E-state index contributed by atoms with van der Waals surface area (Å²) in [5.74, 6) is 0.203. The quantitative estimate of drug-likeness (QED) is 0.727. The highest BCUT2D eigenvalue weighted by atomic mass is 16.2. The zero-order chi connectivity index (χ0) is 12.3. The largest absolute Gasteiger partial charge is 0.353 e. The number of carbonyl (C=O) groups is 2. The number of piperidine rings is 1. The number of carbonyl (C=O) groups excluding carboxylic acids is 2. The number of likely N-dealkylation sites (tertiary alicyclic amines) is 1. The third-order valence-electron chi connectivity index (χ3n) is 3.67. The minimum absolute atomic E-state index is 0.0303. The summed E-state index contributed by atoms with van der Waals surface area (Å²) < 4.78 is 0. The monoisotopic (exact) mass is 239 g/mol. The first-order chi connectivity index (χ1) is 8.18. The van der Waals surface area contributed by atoms with Crippen molar-refractivity contribution in [3.8, 4) is 0 Å². The highest BCUT2D eigenvalue weighted by Gasteiger charge is 2.28. The minimum Gasteiger partial charge on any atom is -0.353 e. The van der Waals surface area contributed by atoms with Crippen LogP contribution in [0.2, 0.25) is 0 Å². The fourth-order valence-electron chi connectivity index (χ4n) is 2.46. The Balaban J connectivity index is 1.86. The molecule has 2 aliphatic heterocycles. The maximum absolute atomic E-state index is 12.1. The van der Waals surface area contributed by atoms with Gasteiger partial charge < -0.3 is 10.2 Å². The van der Waals surface area contributed by atoms with Gasteiger partial charge in [-0.1, -0.05) is 0 Å². The fourth-order valence-corrected chi connectivity index (χ4v) is 2.46. The van der Waals surface area contributed by atoms with Gasteiger partial charge in [0.15, 0.2) is 0 Å². The molecular formula is C12H21N3O2. The Hall–Kier alpha value is -1.10. The van der Waals surface area contributed by atoms with Crippen LogP contribution in [-0.4, -0.2) is 60.4 Å². The Morgan fingerprint density at radius 1 is 1.29 bits per heavy atom. The molecule has 17 heavy (non-hydrogen) atoms. The van der Waals surface area contributed by atoms with E-state index in [1.54, 1.807) is 0 Å². The molecule has 1 N–H and O–H groups in total. The van der Waals surface area contributed by atoms with Crippen LogP contribution < -0.4 is 5.32 Å². The molecule has 0 spiro atoms. The Kier molecular flexibility index (Phi) is 3.99. The van der Waals surface area contributed by atoms with Crippen molar-refractivity contribution in [2.45, 2.75) is 32.2 Å². The van der Waals surface area contributed by atoms with Crippen LogP contribution in [0.3, 0.4) is 0 Å². The summed E-state index contributed by atoms with van der Waals surface area (Å²) in [5.41, 5.74) is 0. The van der Waals surface area contributed by atoms with Crippen LogP contribution in [0.5, 0.6) is 0 Å². The van der Waals surface area contributed by atoms with E-state index >= 15 is 0 Å². The zero-order valence-electron chi connectivity index (χ0n) is 10.4. The van der Waals surface area contributed by atoms with Crippen molar-refractivity contribution < 1.29 is 9.59 Å². The lowest BCUT2D eigenvalue weighted by Gasteiger charge is -2.34. The summed E-state index contributed by atoms with van der Waals surface area (Å²) >= 11 is 0. The van der Waals surface area contributed by atoms with Gasteiger partial charge in [0, 0.05) is 26.2 Å². The van der Waals surface area contributed by atoms with Crippen molar-refractivity contribution in [1.82, 2.24) is 15.1 Å². The predicted octanol–water partition coefficient (Wildman–Crippen LogP) is -0.181. The molecule has 1 atom stereocenters. The van der Waals surface area contributed by atoms with Gasteiger partial charge in [0.25, 0.3) is 0 Å². The molecule has 1 unspecified atom stereocenters. The topological polar surface area (TPSA) is 52.7 Å². The van der Waals surface area contributed by atoms with E-state index in [0.29, 0.717) is 13.1 Å². The molecule has 0 aliphatic carbocycles. The number of nitrogens with zero attached hydrogens (tertiary/aromatic N) is 2. The minimum atomic E-state index is -0.183. The zero-order valence-corrected chi connectivity index (χ0v) is 10.4. The summed E-state index contributed by atoms with van der Waals surface area (Å²) in [5, 5.41) is 2.81. The second-order valence-corrected chi connectivity index (χ2v) is 4.88. The standard InChI is InChI=1S/C12H21N3O2/c1-10-12(17)13-5-8-15(10)9-11(16)14-6-3-2-4-7-14/h10H,2-9H2,1H3,(H,13,17). The summed E-state index contributed by atoms with van der Waals surface area (Å²) in [6.07, 6.45) is 3.45. The number of nitrogens with one attached hydrogen (secondary N) is 1. The SMILES string of the molecule is CC1C(=O)NCCN1CC(=O)N1CCCCC1. The maximum atomic E-state index is 12.1. The third kappa shape index (κ3) is 2.97. The van der Waals surface area contributed by atoms with Crippen molar-refractivity contribution >= 4 is 11.8 Å². The van der Waals surface area contributed by atoms with Crippen LogP contribution in [0.15, 0.2) is 0 Å². The van der Waals surface area contributed by atoms with Gasteiger partial charge in [0.2, 0.25) is 11.8 Å². The van der Waals surface area contributed by atoms with Gasteiger partial charge in [0.05, 0.1) is 12.6 Å². The molecule has 0 saturated carbocycles. The lowest BCUT2D eigenvalue weighted by Crippen LogP contribution is -2.56. The van der Waals surface area contributed by atoms with Crippen LogP contribution in [0.4, 0.5) is 0 Å². The molecule has 2 heterocycles. The molecule has 0 aromatic carbocycles. The smallest absolute Gasteiger partial charge is 0.237 e. The lowest BCUT2D eigenvalue weighted by molar-refractivity contribution is -0.136. The van der Waals surface area contributed by atoms with Gasteiger partial charge in [-0.05, 0) is 26.2 Å². The van der Waals surface area contributed by atoms with Crippen molar-refractivity contribution in [2.75, 3.05) is 32.7 Å². The molecule has 5 heteroatoms. The Bertz CT molecular complexity index is 300. The molecule has 2 rings (SSSR count). The Morgan fingerprint density at radius 2 is 2.00 bits per heavy atom. The number of amides is 2. The van der Waals surface area contributed by atoms with Gasteiger partial charge in [-0.2, -0.15) is 0 Å². The van der Waals surface area contributed by atoms with E-state index < -0.39 is 0 Å². The molecule has 2 aliphatic rings. The molecule has 2 amide bonds. The van der Waals surface area contributed by atoms with E-state index in [-0.39, 0.29) is 17.9 Å². The molecule has 2 fully saturated rings. The fraction of sp³-hybridized carbons (Fsp3) is 0.833. The summed E-state index contributed by atoms with van der Waals surface area (Å²) in [6.45, 7) is 5.43. The van der Waals surface area contributed by atoms with Crippen LogP contribution in [0.1, 0.15) is 26.2 Å². The second-order valence-electron chi connectivity index (χ2n) is 4.88. The van der Waals surface area contributed by atoms with E-state index in [2.05, 4.69) is 5.32 Å². The van der Waals surface area contributed by atoms with E-state index in [1.807, 2.05) is 16.7 Å². The van der Waals surface area contributed by atoms with Crippen molar-refractivity contribution in [3.05, 3.63) is 0 Å². The summed E-state index contributed by atoms with van der Waals surface area (Å²) in [7, 11) is 0. The molecule has 2 saturated heterocycles. The van der Waals surface area contributed by atoms with Crippen molar-refractivity contribution in [2.24, 2.45) is 0 Å². The second kappa shape index (κ2) is 5.49. The van der Waals surface area contributed by atoms with Gasteiger partial charge in [-0.3, -0.25) is 14.5 Å². The van der Waals surface area contributed by atoms with Gasteiger partial charge in [-0.15, -0.1) is 0 Å². The molecule has 0 radical (unpaired) electrons. The number of piperazine rings is 1. The molecule has 0 bridgehead atoms. The van der Waals surface area contributed by atoms with Crippen molar-refractivity contribution in [1.29, 1.82) is 0 Å². The maximum Gasteiger partial charge on any atom is 0.237 e. The molecular weight excluding hydrogens is 218 g/mol.